The van der Waals surface area contributed by atoms with E-state index in [0.29, 0.717) is 11.8 Å². The summed E-state index contributed by atoms with van der Waals surface area (Å²) >= 11 is 0. The Morgan fingerprint density at radius 2 is 1.74 bits per heavy atom. The normalized spacial score (nSPS) is 15.5. The van der Waals surface area contributed by atoms with Gasteiger partial charge >= 0.3 is 0 Å². The Kier molecular flexibility index (Phi) is 4.40. The summed E-state index contributed by atoms with van der Waals surface area (Å²) in [5.74, 6) is 1.43. The van der Waals surface area contributed by atoms with E-state index in [2.05, 4.69) is 11.8 Å². The highest BCUT2D eigenvalue weighted by molar-refractivity contribution is 5.73. The Bertz CT molecular complexity index is 428. The van der Waals surface area contributed by atoms with Crippen molar-refractivity contribution in [1.29, 1.82) is 0 Å². The summed E-state index contributed by atoms with van der Waals surface area (Å²) < 4.78 is 10.7. The molecule has 4 heteroatoms. The van der Waals surface area contributed by atoms with Gasteiger partial charge in [0.1, 0.15) is 0 Å². The summed E-state index contributed by atoms with van der Waals surface area (Å²) in [6, 6.07) is 4.45. The lowest BCUT2D eigenvalue weighted by Gasteiger charge is -2.31. The second kappa shape index (κ2) is 6.04. The number of anilines is 2. The van der Waals surface area contributed by atoms with Crippen molar-refractivity contribution in [3.63, 3.8) is 0 Å². The third-order valence-corrected chi connectivity index (χ3v) is 3.95. The Morgan fingerprint density at radius 1 is 1.16 bits per heavy atom. The number of rotatable bonds is 5. The second-order valence-electron chi connectivity index (χ2n) is 4.99. The van der Waals surface area contributed by atoms with E-state index in [9.17, 15) is 0 Å². The molecule has 1 aromatic carbocycles. The molecule has 2 rings (SSSR count). The van der Waals surface area contributed by atoms with Crippen LogP contribution in [0.2, 0.25) is 0 Å². The van der Waals surface area contributed by atoms with Gasteiger partial charge in [0.15, 0.2) is 11.5 Å². The highest BCUT2D eigenvalue weighted by atomic mass is 16.5. The van der Waals surface area contributed by atoms with Gasteiger partial charge in [-0.3, -0.25) is 0 Å². The minimum Gasteiger partial charge on any atom is -0.493 e. The number of hydrogen-bond acceptors (Lipinski definition) is 4. The maximum atomic E-state index is 6.19. The molecule has 0 atom stereocenters. The number of methoxy groups -OCH3 is 2. The molecule has 4 nitrogen and oxygen atoms in total. The van der Waals surface area contributed by atoms with Gasteiger partial charge in [0.25, 0.3) is 0 Å². The van der Waals surface area contributed by atoms with Gasteiger partial charge in [-0.1, -0.05) is 12.8 Å². The molecular weight excluding hydrogens is 240 g/mol. The molecule has 1 aliphatic rings. The molecule has 0 heterocycles. The van der Waals surface area contributed by atoms with Gasteiger partial charge in [-0.15, -0.1) is 0 Å². The average molecular weight is 264 g/mol. The predicted molar refractivity (Wildman–Crippen MR) is 79.2 cm³/mol. The molecule has 2 N–H and O–H groups in total. The van der Waals surface area contributed by atoms with Gasteiger partial charge < -0.3 is 20.1 Å². The maximum absolute atomic E-state index is 6.19. The van der Waals surface area contributed by atoms with Crippen LogP contribution in [-0.4, -0.2) is 26.8 Å². The van der Waals surface area contributed by atoms with Crippen molar-refractivity contribution in [2.24, 2.45) is 0 Å². The second-order valence-corrected chi connectivity index (χ2v) is 4.99. The maximum Gasteiger partial charge on any atom is 0.162 e. The van der Waals surface area contributed by atoms with Crippen LogP contribution in [0.5, 0.6) is 11.5 Å². The summed E-state index contributed by atoms with van der Waals surface area (Å²) in [6.07, 6.45) is 5.13. The van der Waals surface area contributed by atoms with Crippen molar-refractivity contribution < 1.29 is 9.47 Å². The van der Waals surface area contributed by atoms with Crippen molar-refractivity contribution in [2.75, 3.05) is 31.4 Å². The van der Waals surface area contributed by atoms with Crippen molar-refractivity contribution in [2.45, 2.75) is 38.6 Å². The molecule has 1 aliphatic carbocycles. The van der Waals surface area contributed by atoms with Crippen LogP contribution in [-0.2, 0) is 0 Å². The lowest BCUT2D eigenvalue weighted by molar-refractivity contribution is 0.355. The van der Waals surface area contributed by atoms with Crippen molar-refractivity contribution >= 4 is 11.4 Å². The van der Waals surface area contributed by atoms with Gasteiger partial charge in [-0.2, -0.15) is 0 Å². The van der Waals surface area contributed by atoms with Gasteiger partial charge in [-0.25, -0.2) is 0 Å². The fourth-order valence-corrected chi connectivity index (χ4v) is 2.97. The molecule has 1 fully saturated rings. The molecule has 0 amide bonds. The summed E-state index contributed by atoms with van der Waals surface area (Å²) in [6.45, 7) is 3.14. The summed E-state index contributed by atoms with van der Waals surface area (Å²) in [5.41, 5.74) is 8.01. The minimum absolute atomic E-state index is 0.602. The zero-order valence-corrected chi connectivity index (χ0v) is 12.1. The molecule has 19 heavy (non-hydrogen) atoms. The number of nitrogens with two attached hydrogens (primary N) is 1. The third-order valence-electron chi connectivity index (χ3n) is 3.95. The van der Waals surface area contributed by atoms with Crippen LogP contribution in [0.25, 0.3) is 0 Å². The van der Waals surface area contributed by atoms with E-state index in [4.69, 9.17) is 15.2 Å². The van der Waals surface area contributed by atoms with Crippen LogP contribution in [0.15, 0.2) is 12.1 Å². The highest BCUT2D eigenvalue weighted by Crippen LogP contribution is 2.39. The topological polar surface area (TPSA) is 47.7 Å². The fraction of sp³-hybridized carbons (Fsp3) is 0.600. The van der Waals surface area contributed by atoms with Crippen LogP contribution in [0.1, 0.15) is 32.6 Å². The lowest BCUT2D eigenvalue weighted by atomic mass is 10.1. The van der Waals surface area contributed by atoms with Crippen LogP contribution in [0.4, 0.5) is 11.4 Å². The average Bonchev–Trinajstić information content (AvgIpc) is 2.94. The molecule has 0 saturated heterocycles. The van der Waals surface area contributed by atoms with Crippen LogP contribution in [0.3, 0.4) is 0 Å². The van der Waals surface area contributed by atoms with Crippen molar-refractivity contribution in [3.05, 3.63) is 12.1 Å². The number of nitrogens with zero attached hydrogens (tertiary/aromatic N) is 1. The standard InChI is InChI=1S/C15H24N2O2/c1-4-17(11-7-5-6-8-11)13-10-15(19-3)14(18-2)9-12(13)16/h9-11H,4-8,16H2,1-3H3. The summed E-state index contributed by atoms with van der Waals surface area (Å²) in [4.78, 5) is 2.39. The zero-order valence-electron chi connectivity index (χ0n) is 12.1. The quantitative estimate of drug-likeness (QED) is 0.830. The summed E-state index contributed by atoms with van der Waals surface area (Å²) in [5, 5.41) is 0. The lowest BCUT2D eigenvalue weighted by Crippen LogP contribution is -2.33. The first-order chi connectivity index (χ1) is 9.21. The van der Waals surface area contributed by atoms with E-state index in [1.807, 2.05) is 12.1 Å². The Morgan fingerprint density at radius 3 is 2.26 bits per heavy atom. The number of ether oxygens (including phenoxy) is 2. The molecule has 0 bridgehead atoms. The van der Waals surface area contributed by atoms with Crippen molar-refractivity contribution in [3.8, 4) is 11.5 Å². The van der Waals surface area contributed by atoms with Gasteiger partial charge in [0.05, 0.1) is 25.6 Å². The molecule has 0 aliphatic heterocycles. The van der Waals surface area contributed by atoms with Crippen LogP contribution in [0, 0.1) is 0 Å². The monoisotopic (exact) mass is 264 g/mol. The van der Waals surface area contributed by atoms with E-state index in [0.717, 1.165) is 23.7 Å². The Labute approximate surface area is 115 Å². The minimum atomic E-state index is 0.602. The molecule has 106 valence electrons. The smallest absolute Gasteiger partial charge is 0.162 e. The van der Waals surface area contributed by atoms with Crippen molar-refractivity contribution in [1.82, 2.24) is 0 Å². The van der Waals surface area contributed by atoms with Crippen LogP contribution >= 0.6 is 0 Å². The van der Waals surface area contributed by atoms with E-state index in [1.54, 1.807) is 14.2 Å². The first kappa shape index (κ1) is 13.8. The highest BCUT2D eigenvalue weighted by Gasteiger charge is 2.24. The largest absolute Gasteiger partial charge is 0.493 e. The molecule has 0 aromatic heterocycles. The molecule has 1 aromatic rings. The molecule has 0 spiro atoms. The third kappa shape index (κ3) is 2.72. The first-order valence-electron chi connectivity index (χ1n) is 6.99. The molecule has 0 radical (unpaired) electrons. The summed E-state index contributed by atoms with van der Waals surface area (Å²) in [7, 11) is 3.29. The van der Waals surface area contributed by atoms with E-state index in [1.165, 1.54) is 25.7 Å². The molecule has 0 unspecified atom stereocenters. The predicted octanol–water partition coefficient (Wildman–Crippen LogP) is 3.05. The van der Waals surface area contributed by atoms with Gasteiger partial charge in [-0.05, 0) is 19.8 Å². The van der Waals surface area contributed by atoms with E-state index in [-0.39, 0.29) is 0 Å². The zero-order chi connectivity index (χ0) is 13.8. The number of nitrogen functional groups attached to an aromatic ring is 1. The SMILES string of the molecule is CCN(c1cc(OC)c(OC)cc1N)C1CCCC1. The molecule has 1 saturated carbocycles. The first-order valence-corrected chi connectivity index (χ1v) is 6.99. The Balaban J connectivity index is 2.36. The van der Waals surface area contributed by atoms with Gasteiger partial charge in [0.2, 0.25) is 0 Å². The number of hydrogen-bond donors (Lipinski definition) is 1. The molecular formula is C15H24N2O2. The number of benzene rings is 1. The Hall–Kier alpha value is -1.58. The van der Waals surface area contributed by atoms with E-state index < -0.39 is 0 Å². The van der Waals surface area contributed by atoms with Gasteiger partial charge in [0, 0.05) is 24.7 Å². The fourth-order valence-electron chi connectivity index (χ4n) is 2.97. The van der Waals surface area contributed by atoms with Crippen LogP contribution < -0.4 is 20.1 Å². The van der Waals surface area contributed by atoms with E-state index >= 15 is 0 Å².